The van der Waals surface area contributed by atoms with Crippen LogP contribution in [0, 0.1) is 23.2 Å². The summed E-state index contributed by atoms with van der Waals surface area (Å²) in [6.07, 6.45) is 6.92. The lowest BCUT2D eigenvalue weighted by Gasteiger charge is -2.40. The van der Waals surface area contributed by atoms with E-state index < -0.39 is 0 Å². The minimum atomic E-state index is 0.469. The third-order valence-corrected chi connectivity index (χ3v) is 4.61. The Bertz CT molecular complexity index is 176. The van der Waals surface area contributed by atoms with Gasteiger partial charge in [-0.3, -0.25) is 0 Å². The van der Waals surface area contributed by atoms with Crippen LogP contribution in [0.25, 0.3) is 0 Å². The van der Waals surface area contributed by atoms with Crippen molar-refractivity contribution >= 4 is 0 Å². The van der Waals surface area contributed by atoms with Crippen LogP contribution in [0.4, 0.5) is 0 Å². The van der Waals surface area contributed by atoms with Gasteiger partial charge in [-0.05, 0) is 61.8 Å². The van der Waals surface area contributed by atoms with Crippen LogP contribution in [-0.4, -0.2) is 6.54 Å². The molecule has 2 N–H and O–H groups in total. The van der Waals surface area contributed by atoms with E-state index in [0.717, 1.165) is 24.3 Å². The molecule has 0 aromatic rings. The average Bonchev–Trinajstić information content (AvgIpc) is 2.18. The lowest BCUT2D eigenvalue weighted by molar-refractivity contribution is 0.111. The van der Waals surface area contributed by atoms with Gasteiger partial charge in [-0.1, -0.05) is 27.7 Å². The van der Waals surface area contributed by atoms with Crippen molar-refractivity contribution in [1.29, 1.82) is 0 Å². The number of hydrogen-bond donors (Lipinski definition) is 1. The maximum atomic E-state index is 5.70. The molecule has 0 aliphatic heterocycles. The second-order valence-electron chi connectivity index (χ2n) is 6.38. The van der Waals surface area contributed by atoms with E-state index in [9.17, 15) is 0 Å². The normalized spacial score (nSPS) is 28.4. The quantitative estimate of drug-likeness (QED) is 0.751. The van der Waals surface area contributed by atoms with Gasteiger partial charge in [0.15, 0.2) is 0 Å². The van der Waals surface area contributed by atoms with Crippen molar-refractivity contribution in [3.8, 4) is 0 Å². The van der Waals surface area contributed by atoms with Crippen LogP contribution < -0.4 is 5.73 Å². The van der Waals surface area contributed by atoms with Gasteiger partial charge in [0.25, 0.3) is 0 Å². The van der Waals surface area contributed by atoms with Crippen LogP contribution in [0.15, 0.2) is 0 Å². The Morgan fingerprint density at radius 3 is 2.07 bits per heavy atom. The maximum Gasteiger partial charge on any atom is -0.00721 e. The summed E-state index contributed by atoms with van der Waals surface area (Å²) >= 11 is 0. The molecule has 0 aromatic carbocycles. The molecule has 90 valence electrons. The van der Waals surface area contributed by atoms with Crippen LogP contribution in [0.3, 0.4) is 0 Å². The van der Waals surface area contributed by atoms with Gasteiger partial charge in [-0.25, -0.2) is 0 Å². The number of nitrogens with two attached hydrogens (primary N) is 1. The predicted octanol–water partition coefficient (Wildman–Crippen LogP) is 3.82. The first-order valence-electron chi connectivity index (χ1n) is 6.67. The molecule has 0 bridgehead atoms. The Hall–Kier alpha value is -0.0400. The largest absolute Gasteiger partial charge is 0.330 e. The molecule has 0 heterocycles. The first kappa shape index (κ1) is 13.0. The Labute approximate surface area is 95.8 Å². The van der Waals surface area contributed by atoms with E-state index in [4.69, 9.17) is 5.73 Å². The minimum Gasteiger partial charge on any atom is -0.330 e. The highest BCUT2D eigenvalue weighted by atomic mass is 14.5. The van der Waals surface area contributed by atoms with Gasteiger partial charge in [0.05, 0.1) is 0 Å². The van der Waals surface area contributed by atoms with Gasteiger partial charge in [-0.2, -0.15) is 0 Å². The molecule has 0 atom stereocenters. The number of hydrogen-bond acceptors (Lipinski definition) is 1. The summed E-state index contributed by atoms with van der Waals surface area (Å²) in [5, 5.41) is 0. The molecule has 0 saturated heterocycles. The van der Waals surface area contributed by atoms with E-state index in [-0.39, 0.29) is 0 Å². The molecular formula is C14H29N. The first-order chi connectivity index (χ1) is 6.97. The van der Waals surface area contributed by atoms with Crippen molar-refractivity contribution in [3.05, 3.63) is 0 Å². The van der Waals surface area contributed by atoms with E-state index in [0.29, 0.717) is 5.41 Å². The van der Waals surface area contributed by atoms with Crippen LogP contribution in [0.2, 0.25) is 0 Å². The predicted molar refractivity (Wildman–Crippen MR) is 67.7 cm³/mol. The summed E-state index contributed by atoms with van der Waals surface area (Å²) in [4.78, 5) is 0. The Morgan fingerprint density at radius 1 is 1.13 bits per heavy atom. The van der Waals surface area contributed by atoms with Gasteiger partial charge in [-0.15, -0.1) is 0 Å². The Kier molecular flexibility index (Phi) is 4.64. The fraction of sp³-hybridized carbons (Fsp3) is 1.00. The van der Waals surface area contributed by atoms with Crippen LogP contribution >= 0.6 is 0 Å². The average molecular weight is 211 g/mol. The van der Waals surface area contributed by atoms with Crippen molar-refractivity contribution in [3.63, 3.8) is 0 Å². The van der Waals surface area contributed by atoms with E-state index in [1.54, 1.807) is 0 Å². The van der Waals surface area contributed by atoms with Crippen molar-refractivity contribution in [2.24, 2.45) is 28.9 Å². The molecule has 15 heavy (non-hydrogen) atoms. The first-order valence-corrected chi connectivity index (χ1v) is 6.67. The van der Waals surface area contributed by atoms with E-state index in [1.807, 2.05) is 0 Å². The standard InChI is InChI=1S/C14H29N/c1-11(2)12-5-7-13(8-6-12)14(3,4)9-10-15/h11-13H,5-10,15H2,1-4H3. The molecule has 1 aliphatic rings. The lowest BCUT2D eigenvalue weighted by atomic mass is 9.66. The molecule has 1 rings (SSSR count). The van der Waals surface area contributed by atoms with Gasteiger partial charge in [0.2, 0.25) is 0 Å². The molecule has 1 heteroatoms. The van der Waals surface area contributed by atoms with Crippen molar-refractivity contribution in [2.75, 3.05) is 6.54 Å². The minimum absolute atomic E-state index is 0.469. The third-order valence-electron chi connectivity index (χ3n) is 4.61. The van der Waals surface area contributed by atoms with E-state index in [1.165, 1.54) is 32.1 Å². The Morgan fingerprint density at radius 2 is 1.67 bits per heavy atom. The highest BCUT2D eigenvalue weighted by molar-refractivity contribution is 4.84. The molecule has 0 aromatic heterocycles. The van der Waals surface area contributed by atoms with Crippen molar-refractivity contribution in [1.82, 2.24) is 0 Å². The SMILES string of the molecule is CC(C)C1CCC(C(C)(C)CCN)CC1. The highest BCUT2D eigenvalue weighted by Crippen LogP contribution is 2.43. The highest BCUT2D eigenvalue weighted by Gasteiger charge is 2.32. The third kappa shape index (κ3) is 3.48. The topological polar surface area (TPSA) is 26.0 Å². The summed E-state index contributed by atoms with van der Waals surface area (Å²) in [7, 11) is 0. The van der Waals surface area contributed by atoms with Gasteiger partial charge < -0.3 is 5.73 Å². The molecule has 1 saturated carbocycles. The molecule has 0 radical (unpaired) electrons. The van der Waals surface area contributed by atoms with Gasteiger partial charge in [0.1, 0.15) is 0 Å². The van der Waals surface area contributed by atoms with Crippen molar-refractivity contribution in [2.45, 2.75) is 59.8 Å². The van der Waals surface area contributed by atoms with Crippen LogP contribution in [0.1, 0.15) is 59.8 Å². The summed E-state index contributed by atoms with van der Waals surface area (Å²) in [6.45, 7) is 10.4. The molecule has 0 unspecified atom stereocenters. The molecule has 0 spiro atoms. The second kappa shape index (κ2) is 5.34. The summed E-state index contributed by atoms with van der Waals surface area (Å²) in [5.74, 6) is 2.77. The van der Waals surface area contributed by atoms with Crippen LogP contribution in [-0.2, 0) is 0 Å². The van der Waals surface area contributed by atoms with E-state index in [2.05, 4.69) is 27.7 Å². The molecule has 1 nitrogen and oxygen atoms in total. The van der Waals surface area contributed by atoms with Gasteiger partial charge in [0, 0.05) is 0 Å². The summed E-state index contributed by atoms with van der Waals surface area (Å²) < 4.78 is 0. The molecule has 1 fully saturated rings. The smallest absolute Gasteiger partial charge is 0.00721 e. The zero-order valence-corrected chi connectivity index (χ0v) is 11.1. The zero-order chi connectivity index (χ0) is 11.5. The second-order valence-corrected chi connectivity index (χ2v) is 6.38. The molecule has 1 aliphatic carbocycles. The summed E-state index contributed by atoms with van der Waals surface area (Å²) in [5.41, 5.74) is 6.17. The Balaban J connectivity index is 2.43. The van der Waals surface area contributed by atoms with E-state index >= 15 is 0 Å². The summed E-state index contributed by atoms with van der Waals surface area (Å²) in [6, 6.07) is 0. The maximum absolute atomic E-state index is 5.70. The molecular weight excluding hydrogens is 182 g/mol. The van der Waals surface area contributed by atoms with Crippen molar-refractivity contribution < 1.29 is 0 Å². The lowest BCUT2D eigenvalue weighted by Crippen LogP contribution is -2.31. The number of rotatable bonds is 4. The zero-order valence-electron chi connectivity index (χ0n) is 11.1. The monoisotopic (exact) mass is 211 g/mol. The fourth-order valence-electron chi connectivity index (χ4n) is 3.14. The fourth-order valence-corrected chi connectivity index (χ4v) is 3.14. The van der Waals surface area contributed by atoms with Gasteiger partial charge >= 0.3 is 0 Å². The molecule has 0 amide bonds. The van der Waals surface area contributed by atoms with Crippen LogP contribution in [0.5, 0.6) is 0 Å².